The van der Waals surface area contributed by atoms with E-state index in [9.17, 15) is 0 Å². The maximum atomic E-state index is 4.38. The second-order valence-electron chi connectivity index (χ2n) is 15.2. The molecule has 0 fully saturated rings. The van der Waals surface area contributed by atoms with Gasteiger partial charge < -0.3 is 0 Å². The van der Waals surface area contributed by atoms with Crippen LogP contribution in [0.5, 0.6) is 0 Å². The molecule has 0 saturated carbocycles. The molecule has 0 N–H and O–H groups in total. The zero-order valence-electron chi connectivity index (χ0n) is 32.5. The van der Waals surface area contributed by atoms with Crippen molar-refractivity contribution in [1.82, 2.24) is 19.7 Å². The Morgan fingerprint density at radius 2 is 0.617 bits per heavy atom. The Labute approximate surface area is 296 Å². The fourth-order valence-electron chi connectivity index (χ4n) is 7.24. The van der Waals surface area contributed by atoms with Gasteiger partial charge in [-0.15, -0.1) is 0 Å². The van der Waals surface area contributed by atoms with Crippen LogP contribution in [0.4, 0.5) is 0 Å². The number of aromatic nitrogens is 3. The lowest BCUT2D eigenvalue weighted by atomic mass is 10.0. The van der Waals surface area contributed by atoms with Crippen molar-refractivity contribution >= 4 is 0 Å². The summed E-state index contributed by atoms with van der Waals surface area (Å²) in [4.78, 5) is 6.79. The largest absolute Gasteiger partial charge is 0.284 e. The van der Waals surface area contributed by atoms with Crippen molar-refractivity contribution in [2.75, 3.05) is 13.1 Å². The van der Waals surface area contributed by atoms with Gasteiger partial charge in [-0.3, -0.25) is 4.90 Å². The van der Waals surface area contributed by atoms with Gasteiger partial charge in [0.05, 0.1) is 6.67 Å². The third kappa shape index (κ3) is 33.4. The van der Waals surface area contributed by atoms with Crippen molar-refractivity contribution in [3.05, 3.63) is 12.7 Å². The van der Waals surface area contributed by atoms with Crippen LogP contribution in [0.15, 0.2) is 12.7 Å². The third-order valence-corrected chi connectivity index (χ3v) is 10.5. The second-order valence-corrected chi connectivity index (χ2v) is 15.2. The van der Waals surface area contributed by atoms with Gasteiger partial charge in [0.25, 0.3) is 0 Å². The number of hydrogen-bond donors (Lipinski definition) is 0. The molecule has 1 aromatic heterocycles. The van der Waals surface area contributed by atoms with Crippen LogP contribution < -0.4 is 0 Å². The Morgan fingerprint density at radius 1 is 0.362 bits per heavy atom. The van der Waals surface area contributed by atoms with E-state index < -0.39 is 0 Å². The molecule has 0 aliphatic rings. The highest BCUT2D eigenvalue weighted by Gasteiger charge is 2.06. The summed E-state index contributed by atoms with van der Waals surface area (Å²) in [6, 6.07) is 0. The molecule has 1 aromatic rings. The molecule has 0 spiro atoms. The van der Waals surface area contributed by atoms with Crippen LogP contribution in [0.1, 0.15) is 245 Å². The summed E-state index contributed by atoms with van der Waals surface area (Å²) in [5, 5.41) is 4.38. The summed E-state index contributed by atoms with van der Waals surface area (Å²) in [5.74, 6) is 0. The van der Waals surface area contributed by atoms with Crippen molar-refractivity contribution < 1.29 is 0 Å². The molecule has 0 amide bonds. The lowest BCUT2D eigenvalue weighted by molar-refractivity contribution is 0.198. The van der Waals surface area contributed by atoms with Gasteiger partial charge in [-0.2, -0.15) is 5.10 Å². The zero-order valence-corrected chi connectivity index (χ0v) is 32.5. The van der Waals surface area contributed by atoms with E-state index in [4.69, 9.17) is 0 Å². The highest BCUT2D eigenvalue weighted by molar-refractivity contribution is 4.61. The van der Waals surface area contributed by atoms with Gasteiger partial charge in [0.15, 0.2) is 0 Å². The Kier molecular flexibility index (Phi) is 35.6. The summed E-state index contributed by atoms with van der Waals surface area (Å²) in [5.41, 5.74) is 0. The van der Waals surface area contributed by atoms with Gasteiger partial charge >= 0.3 is 0 Å². The van der Waals surface area contributed by atoms with E-state index in [1.165, 1.54) is 244 Å². The Balaban J connectivity index is 1.90. The van der Waals surface area contributed by atoms with E-state index in [0.717, 1.165) is 6.67 Å². The number of hydrogen-bond acceptors (Lipinski definition) is 3. The summed E-state index contributed by atoms with van der Waals surface area (Å²) in [6.07, 6.45) is 55.4. The Morgan fingerprint density at radius 3 is 0.851 bits per heavy atom. The average Bonchev–Trinajstić information content (AvgIpc) is 3.60. The highest BCUT2D eigenvalue weighted by Crippen LogP contribution is 2.16. The van der Waals surface area contributed by atoms with E-state index in [2.05, 4.69) is 28.8 Å². The van der Waals surface area contributed by atoms with Crippen LogP contribution in [-0.2, 0) is 6.67 Å². The molecule has 4 nitrogen and oxygen atoms in total. The van der Waals surface area contributed by atoms with Gasteiger partial charge in [-0.1, -0.05) is 232 Å². The molecule has 0 aliphatic heterocycles. The Bertz CT molecular complexity index is 635. The van der Waals surface area contributed by atoms with Crippen molar-refractivity contribution in [2.45, 2.75) is 252 Å². The number of rotatable bonds is 40. The minimum absolute atomic E-state index is 0.901. The molecule has 0 radical (unpaired) electrons. The van der Waals surface area contributed by atoms with Gasteiger partial charge in [0.1, 0.15) is 12.7 Å². The molecule has 0 atom stereocenters. The first-order chi connectivity index (χ1) is 23.4. The van der Waals surface area contributed by atoms with Crippen LogP contribution in [0.25, 0.3) is 0 Å². The first-order valence-corrected chi connectivity index (χ1v) is 21.9. The predicted octanol–water partition coefficient (Wildman–Crippen LogP) is 14.6. The van der Waals surface area contributed by atoms with Gasteiger partial charge in [0, 0.05) is 0 Å². The molecule has 47 heavy (non-hydrogen) atoms. The van der Waals surface area contributed by atoms with Crippen LogP contribution >= 0.6 is 0 Å². The quantitative estimate of drug-likeness (QED) is 0.0658. The molecular weight excluding hydrogens is 573 g/mol. The minimum atomic E-state index is 0.901. The molecule has 0 aromatic carbocycles. The molecule has 1 heterocycles. The monoisotopic (exact) mass is 659 g/mol. The lowest BCUT2D eigenvalue weighted by Gasteiger charge is -2.22. The fraction of sp³-hybridized carbons (Fsp3) is 0.953. The average molecular weight is 659 g/mol. The second kappa shape index (κ2) is 37.9. The van der Waals surface area contributed by atoms with Crippen LogP contribution in [0.3, 0.4) is 0 Å². The van der Waals surface area contributed by atoms with Crippen molar-refractivity contribution in [2.24, 2.45) is 0 Å². The van der Waals surface area contributed by atoms with Crippen LogP contribution in [0.2, 0.25) is 0 Å². The zero-order chi connectivity index (χ0) is 33.6. The highest BCUT2D eigenvalue weighted by atomic mass is 15.4. The van der Waals surface area contributed by atoms with Gasteiger partial charge in [-0.05, 0) is 25.9 Å². The van der Waals surface area contributed by atoms with Gasteiger partial charge in [0.2, 0.25) is 0 Å². The van der Waals surface area contributed by atoms with E-state index >= 15 is 0 Å². The summed E-state index contributed by atoms with van der Waals surface area (Å²) >= 11 is 0. The first kappa shape index (κ1) is 44.1. The van der Waals surface area contributed by atoms with Crippen molar-refractivity contribution in [3.8, 4) is 0 Å². The summed E-state index contributed by atoms with van der Waals surface area (Å²) in [7, 11) is 0. The topological polar surface area (TPSA) is 34.0 Å². The molecule has 4 heteroatoms. The van der Waals surface area contributed by atoms with E-state index in [-0.39, 0.29) is 0 Å². The van der Waals surface area contributed by atoms with Crippen LogP contribution in [-0.4, -0.2) is 32.8 Å². The normalized spacial score (nSPS) is 11.7. The molecule has 0 saturated heterocycles. The first-order valence-electron chi connectivity index (χ1n) is 21.9. The molecule has 0 bridgehead atoms. The molecule has 0 unspecified atom stereocenters. The van der Waals surface area contributed by atoms with Gasteiger partial charge in [-0.25, -0.2) is 9.67 Å². The minimum Gasteiger partial charge on any atom is -0.284 e. The van der Waals surface area contributed by atoms with E-state index in [1.807, 2.05) is 11.0 Å². The molecular formula is C43H86N4. The third-order valence-electron chi connectivity index (χ3n) is 10.5. The summed E-state index contributed by atoms with van der Waals surface area (Å²) < 4.78 is 2.00. The van der Waals surface area contributed by atoms with E-state index in [1.54, 1.807) is 6.33 Å². The Hall–Kier alpha value is -0.900. The lowest BCUT2D eigenvalue weighted by Crippen LogP contribution is -2.29. The standard InChI is InChI=1S/C43H86N4/c1-3-5-7-9-11-13-15-17-19-21-23-25-27-29-31-33-35-37-39-46(43-47-42-44-41-45-47)40-38-36-34-32-30-28-26-24-22-20-18-16-14-12-10-8-6-4-2/h41-42H,3-40,43H2,1-2H3. The summed E-state index contributed by atoms with van der Waals surface area (Å²) in [6.45, 7) is 7.93. The maximum Gasteiger partial charge on any atom is 0.137 e. The smallest absolute Gasteiger partial charge is 0.137 e. The number of unbranched alkanes of at least 4 members (excludes halogenated alkanes) is 34. The molecule has 1 rings (SSSR count). The van der Waals surface area contributed by atoms with Crippen molar-refractivity contribution in [1.29, 1.82) is 0 Å². The fourth-order valence-corrected chi connectivity index (χ4v) is 7.24. The van der Waals surface area contributed by atoms with E-state index in [0.29, 0.717) is 0 Å². The molecule has 0 aliphatic carbocycles. The maximum absolute atomic E-state index is 4.38. The number of nitrogens with zero attached hydrogens (tertiary/aromatic N) is 4. The predicted molar refractivity (Wildman–Crippen MR) is 209 cm³/mol. The van der Waals surface area contributed by atoms with Crippen LogP contribution in [0, 0.1) is 0 Å². The SMILES string of the molecule is CCCCCCCCCCCCCCCCCCCCN(CCCCCCCCCCCCCCCCCCCC)Cn1cncn1. The molecule has 278 valence electrons. The van der Waals surface area contributed by atoms with Crippen molar-refractivity contribution in [3.63, 3.8) is 0 Å².